The summed E-state index contributed by atoms with van der Waals surface area (Å²) in [6.45, 7) is 4.81. The quantitative estimate of drug-likeness (QED) is 0.815. The molecular weight excluding hydrogens is 362 g/mol. The van der Waals surface area contributed by atoms with Crippen molar-refractivity contribution in [2.75, 3.05) is 19.8 Å². The van der Waals surface area contributed by atoms with E-state index in [0.717, 1.165) is 0 Å². The van der Waals surface area contributed by atoms with Gasteiger partial charge in [-0.25, -0.2) is 17.9 Å². The Balaban J connectivity index is 2.29. The average Bonchev–Trinajstić information content (AvgIpc) is 2.36. The molecule has 1 aromatic carbocycles. The van der Waals surface area contributed by atoms with Gasteiger partial charge in [0.15, 0.2) is 0 Å². The third-order valence-electron chi connectivity index (χ3n) is 3.45. The molecule has 1 aliphatic rings. The van der Waals surface area contributed by atoms with Crippen molar-refractivity contribution in [3.8, 4) is 0 Å². The molecule has 21 heavy (non-hydrogen) atoms. The molecule has 2 rings (SSSR count). The smallest absolute Gasteiger partial charge is 0.336 e. The van der Waals surface area contributed by atoms with E-state index in [1.165, 1.54) is 12.1 Å². The molecule has 0 amide bonds. The van der Waals surface area contributed by atoms with Crippen LogP contribution < -0.4 is 4.72 Å². The van der Waals surface area contributed by atoms with E-state index in [0.29, 0.717) is 23.2 Å². The van der Waals surface area contributed by atoms with Crippen LogP contribution in [0.2, 0.25) is 0 Å². The molecule has 1 heterocycles. The average molecular weight is 378 g/mol. The number of rotatable bonds is 5. The van der Waals surface area contributed by atoms with E-state index in [4.69, 9.17) is 9.84 Å². The highest BCUT2D eigenvalue weighted by molar-refractivity contribution is 9.10. The standard InChI is InChI=1S/C13H16BrNO5S/c1-8-10(12(16)17)3-9(4-11(8)14)21(18,19)15-5-13(2)6-20-7-13/h3-4,15H,5-7H2,1-2H3,(H,16,17). The third kappa shape index (κ3) is 3.45. The molecule has 0 saturated carbocycles. The van der Waals surface area contributed by atoms with Gasteiger partial charge in [0.2, 0.25) is 10.0 Å². The highest BCUT2D eigenvalue weighted by atomic mass is 79.9. The zero-order valence-corrected chi connectivity index (χ0v) is 14.0. The number of sulfonamides is 1. The van der Waals surface area contributed by atoms with Crippen LogP contribution in [0.15, 0.2) is 21.5 Å². The van der Waals surface area contributed by atoms with Crippen LogP contribution in [0, 0.1) is 12.3 Å². The maximum Gasteiger partial charge on any atom is 0.336 e. The minimum absolute atomic E-state index is 0.0389. The Hall–Kier alpha value is -0.960. The first-order chi connectivity index (χ1) is 9.65. The van der Waals surface area contributed by atoms with Gasteiger partial charge in [-0.1, -0.05) is 22.9 Å². The number of ether oxygens (including phenoxy) is 1. The normalized spacial score (nSPS) is 17.3. The number of halogens is 1. The number of aromatic carboxylic acids is 1. The van der Waals surface area contributed by atoms with Crippen molar-refractivity contribution < 1.29 is 23.1 Å². The Bertz CT molecular complexity index is 682. The monoisotopic (exact) mass is 377 g/mol. The summed E-state index contributed by atoms with van der Waals surface area (Å²) in [6, 6.07) is 2.58. The maximum atomic E-state index is 12.3. The summed E-state index contributed by atoms with van der Waals surface area (Å²) in [5.41, 5.74) is 0.244. The number of nitrogens with one attached hydrogen (secondary N) is 1. The first kappa shape index (κ1) is 16.4. The van der Waals surface area contributed by atoms with E-state index < -0.39 is 16.0 Å². The summed E-state index contributed by atoms with van der Waals surface area (Å²) < 4.78 is 32.6. The van der Waals surface area contributed by atoms with Crippen LogP contribution in [0.1, 0.15) is 22.8 Å². The zero-order valence-electron chi connectivity index (χ0n) is 11.6. The van der Waals surface area contributed by atoms with Crippen molar-refractivity contribution in [1.82, 2.24) is 4.72 Å². The summed E-state index contributed by atoms with van der Waals surface area (Å²) in [6.07, 6.45) is 0. The van der Waals surface area contributed by atoms with Crippen LogP contribution >= 0.6 is 15.9 Å². The predicted molar refractivity (Wildman–Crippen MR) is 80.0 cm³/mol. The first-order valence-electron chi connectivity index (χ1n) is 6.25. The van der Waals surface area contributed by atoms with Gasteiger partial charge in [-0.05, 0) is 24.6 Å². The number of carboxylic acids is 1. The van der Waals surface area contributed by atoms with Gasteiger partial charge in [0.05, 0.1) is 23.7 Å². The summed E-state index contributed by atoms with van der Waals surface area (Å²) in [7, 11) is -3.76. The molecule has 2 N–H and O–H groups in total. The Morgan fingerprint density at radius 2 is 2.10 bits per heavy atom. The molecule has 1 fully saturated rings. The van der Waals surface area contributed by atoms with Crippen molar-refractivity contribution >= 4 is 31.9 Å². The second-order valence-corrected chi connectivity index (χ2v) is 8.13. The highest BCUT2D eigenvalue weighted by Crippen LogP contribution is 2.28. The molecule has 0 atom stereocenters. The summed E-state index contributed by atoms with van der Waals surface area (Å²) >= 11 is 3.20. The predicted octanol–water partition coefficient (Wildman–Crippen LogP) is 1.77. The lowest BCUT2D eigenvalue weighted by atomic mass is 9.89. The van der Waals surface area contributed by atoms with Crippen molar-refractivity contribution in [1.29, 1.82) is 0 Å². The molecule has 8 heteroatoms. The fourth-order valence-electron chi connectivity index (χ4n) is 1.94. The molecule has 0 unspecified atom stereocenters. The van der Waals surface area contributed by atoms with Crippen molar-refractivity contribution in [3.05, 3.63) is 27.7 Å². The second kappa shape index (κ2) is 5.68. The highest BCUT2D eigenvalue weighted by Gasteiger charge is 2.34. The number of carbonyl (C=O) groups is 1. The van der Waals surface area contributed by atoms with Crippen LogP contribution in [-0.2, 0) is 14.8 Å². The number of benzene rings is 1. The Kier molecular flexibility index (Phi) is 4.44. The van der Waals surface area contributed by atoms with Crippen LogP contribution in [-0.4, -0.2) is 39.3 Å². The second-order valence-electron chi connectivity index (χ2n) is 5.51. The van der Waals surface area contributed by atoms with Gasteiger partial charge >= 0.3 is 5.97 Å². The molecule has 116 valence electrons. The molecule has 0 aromatic heterocycles. The lowest BCUT2D eigenvalue weighted by Crippen LogP contribution is -2.48. The van der Waals surface area contributed by atoms with Crippen LogP contribution in [0.3, 0.4) is 0 Å². The van der Waals surface area contributed by atoms with Gasteiger partial charge in [-0.15, -0.1) is 0 Å². The fraction of sp³-hybridized carbons (Fsp3) is 0.462. The van der Waals surface area contributed by atoms with Gasteiger partial charge in [-0.2, -0.15) is 0 Å². The van der Waals surface area contributed by atoms with Gasteiger partial charge in [-0.3, -0.25) is 0 Å². The summed E-state index contributed by atoms with van der Waals surface area (Å²) in [5.74, 6) is -1.16. The Labute approximate surface area is 131 Å². The van der Waals surface area contributed by atoms with Crippen LogP contribution in [0.25, 0.3) is 0 Å². The molecule has 1 aromatic rings. The Morgan fingerprint density at radius 1 is 1.48 bits per heavy atom. The van der Waals surface area contributed by atoms with E-state index in [1.807, 2.05) is 6.92 Å². The molecule has 1 saturated heterocycles. The number of hydrogen-bond donors (Lipinski definition) is 2. The summed E-state index contributed by atoms with van der Waals surface area (Å²) in [5, 5.41) is 9.13. The van der Waals surface area contributed by atoms with E-state index in [9.17, 15) is 13.2 Å². The molecule has 0 spiro atoms. The van der Waals surface area contributed by atoms with Crippen LogP contribution in [0.4, 0.5) is 0 Å². The van der Waals surface area contributed by atoms with E-state index in [2.05, 4.69) is 20.7 Å². The number of hydrogen-bond acceptors (Lipinski definition) is 4. The van der Waals surface area contributed by atoms with Gasteiger partial charge in [0.1, 0.15) is 0 Å². The lowest BCUT2D eigenvalue weighted by molar-refractivity contribution is -0.0965. The van der Waals surface area contributed by atoms with Gasteiger partial charge in [0.25, 0.3) is 0 Å². The fourth-order valence-corrected chi connectivity index (χ4v) is 3.80. The van der Waals surface area contributed by atoms with Crippen molar-refractivity contribution in [2.24, 2.45) is 5.41 Å². The van der Waals surface area contributed by atoms with Gasteiger partial charge in [0, 0.05) is 16.4 Å². The maximum absolute atomic E-state index is 12.3. The van der Waals surface area contributed by atoms with Crippen molar-refractivity contribution in [2.45, 2.75) is 18.7 Å². The largest absolute Gasteiger partial charge is 0.478 e. The van der Waals surface area contributed by atoms with E-state index in [-0.39, 0.29) is 22.4 Å². The minimum atomic E-state index is -3.76. The topological polar surface area (TPSA) is 92.7 Å². The third-order valence-corrected chi connectivity index (χ3v) is 5.65. The van der Waals surface area contributed by atoms with Gasteiger partial charge < -0.3 is 9.84 Å². The van der Waals surface area contributed by atoms with E-state index in [1.54, 1.807) is 6.92 Å². The SMILES string of the molecule is Cc1c(Br)cc(S(=O)(=O)NCC2(C)COC2)cc1C(=O)O. The zero-order chi connectivity index (χ0) is 15.8. The molecule has 1 aliphatic heterocycles. The summed E-state index contributed by atoms with van der Waals surface area (Å²) in [4.78, 5) is 11.1. The Morgan fingerprint density at radius 3 is 2.57 bits per heavy atom. The first-order valence-corrected chi connectivity index (χ1v) is 8.53. The molecule has 0 bridgehead atoms. The van der Waals surface area contributed by atoms with Crippen LogP contribution in [0.5, 0.6) is 0 Å². The minimum Gasteiger partial charge on any atom is -0.478 e. The molecule has 0 radical (unpaired) electrons. The van der Waals surface area contributed by atoms with E-state index >= 15 is 0 Å². The lowest BCUT2D eigenvalue weighted by Gasteiger charge is -2.37. The molecular formula is C13H16BrNO5S. The molecule has 0 aliphatic carbocycles. The van der Waals surface area contributed by atoms with Crippen molar-refractivity contribution in [3.63, 3.8) is 0 Å². The number of carboxylic acid groups (broad SMARTS) is 1. The molecule has 6 nitrogen and oxygen atoms in total.